The van der Waals surface area contributed by atoms with Crippen LogP contribution in [0.15, 0.2) is 54.6 Å². The maximum atomic E-state index is 12.2. The minimum Gasteiger partial charge on any atom is -0.462 e. The Balaban J connectivity index is 1.55. The van der Waals surface area contributed by atoms with E-state index < -0.39 is 5.60 Å². The molecule has 2 aromatic carbocycles. The van der Waals surface area contributed by atoms with Gasteiger partial charge in [-0.1, -0.05) is 48.2 Å². The number of rotatable bonds is 4. The number of pyridine rings is 1. The third kappa shape index (κ3) is 4.50. The Kier molecular flexibility index (Phi) is 5.88. The van der Waals surface area contributed by atoms with Gasteiger partial charge in [0, 0.05) is 29.8 Å². The van der Waals surface area contributed by atoms with Gasteiger partial charge in [0.15, 0.2) is 0 Å². The van der Waals surface area contributed by atoms with Crippen LogP contribution in [0.2, 0.25) is 0 Å². The van der Waals surface area contributed by atoms with Crippen molar-refractivity contribution in [3.63, 3.8) is 0 Å². The van der Waals surface area contributed by atoms with Crippen LogP contribution in [0.4, 0.5) is 0 Å². The molecule has 3 saturated heterocycles. The molecule has 168 valence electrons. The standard InChI is InChI=1S/C28H28N2O3/c1-2-33-27(31)23-9-8-21-17-22(10-13-28(32)19-30-14-11-24(28)12-15-30)25(29-26(21)18-23)16-20-6-4-3-5-7-20/h3-9,17-18,24,32H,2,11-12,14-16,19H2,1H3. The molecule has 33 heavy (non-hydrogen) atoms. The number of fused-ring (bicyclic) bond motifs is 4. The lowest BCUT2D eigenvalue weighted by Gasteiger charge is -2.47. The quantitative estimate of drug-likeness (QED) is 0.494. The van der Waals surface area contributed by atoms with E-state index in [0.29, 0.717) is 25.1 Å². The lowest BCUT2D eigenvalue weighted by Crippen LogP contribution is -2.58. The number of hydrogen-bond donors (Lipinski definition) is 1. The molecule has 0 aliphatic carbocycles. The lowest BCUT2D eigenvalue weighted by molar-refractivity contribution is -0.0713. The second-order valence-electron chi connectivity index (χ2n) is 9.00. The molecular weight excluding hydrogens is 412 g/mol. The second kappa shape index (κ2) is 8.97. The Hall–Kier alpha value is -3.20. The second-order valence-corrected chi connectivity index (χ2v) is 9.00. The first-order valence-corrected chi connectivity index (χ1v) is 11.7. The molecule has 1 N–H and O–H groups in total. The molecule has 6 rings (SSSR count). The van der Waals surface area contributed by atoms with Gasteiger partial charge in [0.25, 0.3) is 0 Å². The Morgan fingerprint density at radius 1 is 1.18 bits per heavy atom. The van der Waals surface area contributed by atoms with Crippen LogP contribution < -0.4 is 0 Å². The minimum absolute atomic E-state index is 0.230. The fourth-order valence-electron chi connectivity index (χ4n) is 4.94. The SMILES string of the molecule is CCOC(=O)c1ccc2cc(C#CC3(O)CN4CCC3CC4)c(Cc3ccccc3)nc2c1. The largest absolute Gasteiger partial charge is 0.462 e. The average Bonchev–Trinajstić information content (AvgIpc) is 2.84. The molecule has 3 aromatic rings. The summed E-state index contributed by atoms with van der Waals surface area (Å²) >= 11 is 0. The molecule has 1 atom stereocenters. The summed E-state index contributed by atoms with van der Waals surface area (Å²) in [4.78, 5) is 19.4. The molecule has 0 amide bonds. The number of carbonyl (C=O) groups excluding carboxylic acids is 1. The predicted molar refractivity (Wildman–Crippen MR) is 128 cm³/mol. The van der Waals surface area contributed by atoms with Crippen LogP contribution >= 0.6 is 0 Å². The van der Waals surface area contributed by atoms with Gasteiger partial charge in [0.05, 0.1) is 23.4 Å². The fourth-order valence-corrected chi connectivity index (χ4v) is 4.94. The molecule has 4 heterocycles. The summed E-state index contributed by atoms with van der Waals surface area (Å²) in [6.07, 6.45) is 2.61. The van der Waals surface area contributed by atoms with Crippen LogP contribution in [0.25, 0.3) is 10.9 Å². The Bertz CT molecular complexity index is 1240. The zero-order chi connectivity index (χ0) is 22.8. The van der Waals surface area contributed by atoms with E-state index in [4.69, 9.17) is 9.72 Å². The summed E-state index contributed by atoms with van der Waals surface area (Å²) in [5.41, 5.74) is 3.05. The number of carbonyl (C=O) groups is 1. The zero-order valence-electron chi connectivity index (χ0n) is 18.9. The van der Waals surface area contributed by atoms with Gasteiger partial charge in [-0.25, -0.2) is 4.79 Å². The van der Waals surface area contributed by atoms with Crippen LogP contribution in [0.5, 0.6) is 0 Å². The van der Waals surface area contributed by atoms with E-state index >= 15 is 0 Å². The first-order chi connectivity index (χ1) is 16.0. The van der Waals surface area contributed by atoms with Crippen molar-refractivity contribution in [3.05, 3.63) is 77.0 Å². The van der Waals surface area contributed by atoms with Crippen LogP contribution in [-0.2, 0) is 11.2 Å². The first kappa shape index (κ1) is 21.6. The monoisotopic (exact) mass is 440 g/mol. The van der Waals surface area contributed by atoms with Crippen molar-refractivity contribution in [2.24, 2.45) is 5.92 Å². The number of ether oxygens (including phenoxy) is 1. The van der Waals surface area contributed by atoms with Crippen molar-refractivity contribution < 1.29 is 14.6 Å². The molecular formula is C28H28N2O3. The van der Waals surface area contributed by atoms with E-state index in [9.17, 15) is 9.90 Å². The van der Waals surface area contributed by atoms with Crippen molar-refractivity contribution in [3.8, 4) is 11.8 Å². The fraction of sp³-hybridized carbons (Fsp3) is 0.357. The normalized spacial score (nSPS) is 23.7. The third-order valence-corrected chi connectivity index (χ3v) is 6.76. The van der Waals surface area contributed by atoms with E-state index in [-0.39, 0.29) is 11.9 Å². The first-order valence-electron chi connectivity index (χ1n) is 11.7. The molecule has 1 unspecified atom stereocenters. The van der Waals surface area contributed by atoms with E-state index in [0.717, 1.165) is 53.7 Å². The number of aromatic nitrogens is 1. The van der Waals surface area contributed by atoms with Gasteiger partial charge in [-0.3, -0.25) is 9.88 Å². The highest BCUT2D eigenvalue weighted by Gasteiger charge is 2.44. The average molecular weight is 441 g/mol. The van der Waals surface area contributed by atoms with Crippen LogP contribution in [0.3, 0.4) is 0 Å². The number of piperidine rings is 3. The number of benzene rings is 2. The molecule has 3 aliphatic heterocycles. The minimum atomic E-state index is -0.969. The Morgan fingerprint density at radius 2 is 1.97 bits per heavy atom. The van der Waals surface area contributed by atoms with Gasteiger partial charge < -0.3 is 9.84 Å². The highest BCUT2D eigenvalue weighted by molar-refractivity contribution is 5.94. The van der Waals surface area contributed by atoms with Gasteiger partial charge in [-0.05, 0) is 56.6 Å². The number of esters is 1. The van der Waals surface area contributed by atoms with Crippen molar-refractivity contribution in [2.75, 3.05) is 26.2 Å². The summed E-state index contributed by atoms with van der Waals surface area (Å²) in [6, 6.07) is 17.6. The molecule has 0 radical (unpaired) electrons. The van der Waals surface area contributed by atoms with Crippen molar-refractivity contribution in [1.29, 1.82) is 0 Å². The zero-order valence-corrected chi connectivity index (χ0v) is 18.9. The van der Waals surface area contributed by atoms with Gasteiger partial charge in [-0.15, -0.1) is 0 Å². The topological polar surface area (TPSA) is 62.7 Å². The summed E-state index contributed by atoms with van der Waals surface area (Å²) in [6.45, 7) is 4.84. The summed E-state index contributed by atoms with van der Waals surface area (Å²) < 4.78 is 5.15. The van der Waals surface area contributed by atoms with Crippen molar-refractivity contribution in [1.82, 2.24) is 9.88 Å². The van der Waals surface area contributed by atoms with E-state index in [2.05, 4.69) is 28.9 Å². The molecule has 5 heteroatoms. The molecule has 3 aliphatic rings. The van der Waals surface area contributed by atoms with Crippen molar-refractivity contribution >= 4 is 16.9 Å². The highest BCUT2D eigenvalue weighted by Crippen LogP contribution is 2.35. The maximum Gasteiger partial charge on any atom is 0.338 e. The van der Waals surface area contributed by atoms with Crippen LogP contribution in [0, 0.1) is 17.8 Å². The number of nitrogens with zero attached hydrogens (tertiary/aromatic N) is 2. The highest BCUT2D eigenvalue weighted by atomic mass is 16.5. The van der Waals surface area contributed by atoms with Gasteiger partial charge in [-0.2, -0.15) is 0 Å². The Morgan fingerprint density at radius 3 is 2.67 bits per heavy atom. The number of aliphatic hydroxyl groups is 1. The summed E-state index contributed by atoms with van der Waals surface area (Å²) in [5.74, 6) is 6.41. The molecule has 1 aromatic heterocycles. The van der Waals surface area contributed by atoms with Gasteiger partial charge in [0.2, 0.25) is 0 Å². The van der Waals surface area contributed by atoms with E-state index in [1.54, 1.807) is 19.1 Å². The number of hydrogen-bond acceptors (Lipinski definition) is 5. The predicted octanol–water partition coefficient (Wildman–Crippen LogP) is 3.81. The molecule has 3 fully saturated rings. The summed E-state index contributed by atoms with van der Waals surface area (Å²) in [7, 11) is 0. The van der Waals surface area contributed by atoms with Gasteiger partial charge >= 0.3 is 5.97 Å². The molecule has 5 nitrogen and oxygen atoms in total. The lowest BCUT2D eigenvalue weighted by atomic mass is 9.75. The van der Waals surface area contributed by atoms with Gasteiger partial charge in [0.1, 0.15) is 5.60 Å². The third-order valence-electron chi connectivity index (χ3n) is 6.76. The van der Waals surface area contributed by atoms with Crippen LogP contribution in [0.1, 0.15) is 46.9 Å². The maximum absolute atomic E-state index is 12.2. The van der Waals surface area contributed by atoms with Crippen LogP contribution in [-0.4, -0.2) is 52.8 Å². The molecule has 0 saturated carbocycles. The van der Waals surface area contributed by atoms with E-state index in [1.807, 2.05) is 30.3 Å². The van der Waals surface area contributed by atoms with E-state index in [1.165, 1.54) is 0 Å². The molecule has 0 spiro atoms. The smallest absolute Gasteiger partial charge is 0.338 e. The Labute approximate surface area is 194 Å². The molecule has 2 bridgehead atoms. The summed E-state index contributed by atoms with van der Waals surface area (Å²) in [5, 5.41) is 12.2. The van der Waals surface area contributed by atoms with Crippen molar-refractivity contribution in [2.45, 2.75) is 31.8 Å².